The van der Waals surface area contributed by atoms with Gasteiger partial charge in [0.05, 0.1) is 12.2 Å². The molecular weight excluding hydrogens is 389 g/mol. The van der Waals surface area contributed by atoms with Gasteiger partial charge in [-0.15, -0.1) is 0 Å². The van der Waals surface area contributed by atoms with Crippen LogP contribution in [-0.2, 0) is 16.0 Å². The van der Waals surface area contributed by atoms with Crippen molar-refractivity contribution in [2.75, 3.05) is 39.3 Å². The summed E-state index contributed by atoms with van der Waals surface area (Å²) in [5.41, 5.74) is 0.955. The zero-order valence-electron chi connectivity index (χ0n) is 16.6. The molecule has 8 heteroatoms. The van der Waals surface area contributed by atoms with Crippen LogP contribution < -0.4 is 0 Å². The van der Waals surface area contributed by atoms with Gasteiger partial charge in [0.2, 0.25) is 11.8 Å². The predicted molar refractivity (Wildman–Crippen MR) is 106 cm³/mol. The molecule has 158 valence electrons. The average Bonchev–Trinajstić information content (AvgIpc) is 3.43. The van der Waals surface area contributed by atoms with Crippen LogP contribution in [0.4, 0.5) is 4.39 Å². The van der Waals surface area contributed by atoms with Crippen molar-refractivity contribution in [3.63, 3.8) is 0 Å². The van der Waals surface area contributed by atoms with Gasteiger partial charge in [-0.3, -0.25) is 14.4 Å². The highest BCUT2D eigenvalue weighted by Gasteiger charge is 2.37. The third kappa shape index (κ3) is 4.37. The lowest BCUT2D eigenvalue weighted by Crippen LogP contribution is -2.52. The minimum absolute atomic E-state index is 0.0258. The zero-order valence-corrected chi connectivity index (χ0v) is 16.6. The van der Waals surface area contributed by atoms with E-state index < -0.39 is 0 Å². The fourth-order valence-electron chi connectivity index (χ4n) is 4.01. The van der Waals surface area contributed by atoms with Crippen molar-refractivity contribution in [3.8, 4) is 0 Å². The summed E-state index contributed by atoms with van der Waals surface area (Å²) in [6, 6.07) is 9.54. The highest BCUT2D eigenvalue weighted by molar-refractivity contribution is 5.92. The van der Waals surface area contributed by atoms with Crippen LogP contribution in [0.2, 0.25) is 0 Å². The van der Waals surface area contributed by atoms with E-state index in [2.05, 4.69) is 0 Å². The number of benzene rings is 1. The minimum Gasteiger partial charge on any atom is -0.459 e. The molecule has 3 heterocycles. The van der Waals surface area contributed by atoms with E-state index in [0.29, 0.717) is 51.4 Å². The third-order valence-corrected chi connectivity index (χ3v) is 5.76. The SMILES string of the molecule is O=C1C[C@H](C(=O)N2CCN(C(=O)c3ccco3)CC2)CN1CCc1ccc(F)cc1. The van der Waals surface area contributed by atoms with E-state index in [1.54, 1.807) is 39.0 Å². The van der Waals surface area contributed by atoms with Crippen molar-refractivity contribution < 1.29 is 23.2 Å². The first-order chi connectivity index (χ1) is 14.5. The molecule has 0 radical (unpaired) electrons. The lowest BCUT2D eigenvalue weighted by molar-refractivity contribution is -0.137. The monoisotopic (exact) mass is 413 g/mol. The number of amides is 3. The van der Waals surface area contributed by atoms with Crippen LogP contribution in [0.3, 0.4) is 0 Å². The van der Waals surface area contributed by atoms with E-state index in [1.807, 2.05) is 0 Å². The van der Waals surface area contributed by atoms with Crippen molar-refractivity contribution in [1.82, 2.24) is 14.7 Å². The maximum Gasteiger partial charge on any atom is 0.289 e. The van der Waals surface area contributed by atoms with Crippen molar-refractivity contribution in [1.29, 1.82) is 0 Å². The first-order valence-corrected chi connectivity index (χ1v) is 10.1. The first-order valence-electron chi connectivity index (χ1n) is 10.1. The molecule has 0 spiro atoms. The second-order valence-electron chi connectivity index (χ2n) is 7.71. The molecule has 1 aromatic carbocycles. The van der Waals surface area contributed by atoms with E-state index in [9.17, 15) is 18.8 Å². The van der Waals surface area contributed by atoms with Crippen LogP contribution >= 0.6 is 0 Å². The summed E-state index contributed by atoms with van der Waals surface area (Å²) in [7, 11) is 0. The molecule has 0 aliphatic carbocycles. The molecule has 2 aromatic rings. The molecule has 2 fully saturated rings. The van der Waals surface area contributed by atoms with Crippen molar-refractivity contribution in [3.05, 3.63) is 59.8 Å². The van der Waals surface area contributed by atoms with Crippen LogP contribution in [0.25, 0.3) is 0 Å². The molecule has 3 amide bonds. The molecular formula is C22H24FN3O4. The lowest BCUT2D eigenvalue weighted by atomic mass is 10.1. The fraction of sp³-hybridized carbons (Fsp3) is 0.409. The van der Waals surface area contributed by atoms with Gasteiger partial charge in [-0.25, -0.2) is 4.39 Å². The molecule has 1 atom stereocenters. The Labute approximate surface area is 174 Å². The van der Waals surface area contributed by atoms with Gasteiger partial charge < -0.3 is 19.1 Å². The zero-order chi connectivity index (χ0) is 21.1. The molecule has 2 saturated heterocycles. The second-order valence-corrected chi connectivity index (χ2v) is 7.71. The number of piperazine rings is 1. The number of rotatable bonds is 5. The fourth-order valence-corrected chi connectivity index (χ4v) is 4.01. The van der Waals surface area contributed by atoms with Gasteiger partial charge in [-0.2, -0.15) is 0 Å². The highest BCUT2D eigenvalue weighted by Crippen LogP contribution is 2.22. The maximum absolute atomic E-state index is 13.0. The summed E-state index contributed by atoms with van der Waals surface area (Å²) in [6.45, 7) is 2.71. The van der Waals surface area contributed by atoms with Gasteiger partial charge in [0, 0.05) is 45.7 Å². The Morgan fingerprint density at radius 1 is 1.03 bits per heavy atom. The van der Waals surface area contributed by atoms with E-state index in [4.69, 9.17) is 4.42 Å². The van der Waals surface area contributed by atoms with Gasteiger partial charge in [0.1, 0.15) is 5.82 Å². The summed E-state index contributed by atoms with van der Waals surface area (Å²) >= 11 is 0. The van der Waals surface area contributed by atoms with Crippen LogP contribution in [0.15, 0.2) is 47.1 Å². The Hall–Kier alpha value is -3.16. The van der Waals surface area contributed by atoms with Crippen LogP contribution in [0.5, 0.6) is 0 Å². The lowest BCUT2D eigenvalue weighted by Gasteiger charge is -2.35. The van der Waals surface area contributed by atoms with Crippen molar-refractivity contribution in [2.45, 2.75) is 12.8 Å². The Bertz CT molecular complexity index is 905. The molecule has 1 aromatic heterocycles. The quantitative estimate of drug-likeness (QED) is 0.749. The maximum atomic E-state index is 13.0. The molecule has 0 N–H and O–H groups in total. The summed E-state index contributed by atoms with van der Waals surface area (Å²) in [5, 5.41) is 0. The number of carbonyl (C=O) groups excluding carboxylic acids is 3. The van der Waals surface area contributed by atoms with Crippen molar-refractivity contribution in [2.24, 2.45) is 5.92 Å². The predicted octanol–water partition coefficient (Wildman–Crippen LogP) is 1.79. The largest absolute Gasteiger partial charge is 0.459 e. The average molecular weight is 413 g/mol. The van der Waals surface area contributed by atoms with Gasteiger partial charge in [0.25, 0.3) is 5.91 Å². The van der Waals surface area contributed by atoms with Gasteiger partial charge in [-0.05, 0) is 36.2 Å². The molecule has 2 aliphatic rings. The van der Waals surface area contributed by atoms with Crippen LogP contribution in [0, 0.1) is 11.7 Å². The summed E-state index contributed by atoms with van der Waals surface area (Å²) in [4.78, 5) is 42.7. The number of halogens is 1. The number of hydrogen-bond acceptors (Lipinski definition) is 4. The molecule has 0 unspecified atom stereocenters. The number of carbonyl (C=O) groups is 3. The summed E-state index contributed by atoms with van der Waals surface area (Å²) in [5.74, 6) is -0.562. The normalized spacial score (nSPS) is 19.4. The van der Waals surface area contributed by atoms with Crippen LogP contribution in [0.1, 0.15) is 22.5 Å². The molecule has 0 bridgehead atoms. The van der Waals surface area contributed by atoms with E-state index in [1.165, 1.54) is 18.4 Å². The molecule has 4 rings (SSSR count). The Balaban J connectivity index is 1.26. The third-order valence-electron chi connectivity index (χ3n) is 5.76. The van der Waals surface area contributed by atoms with Crippen molar-refractivity contribution >= 4 is 17.7 Å². The van der Waals surface area contributed by atoms with Crippen LogP contribution in [-0.4, -0.2) is 71.7 Å². The molecule has 7 nitrogen and oxygen atoms in total. The summed E-state index contributed by atoms with van der Waals surface area (Å²) < 4.78 is 18.2. The summed E-state index contributed by atoms with van der Waals surface area (Å²) in [6.07, 6.45) is 2.31. The molecule has 0 saturated carbocycles. The number of hydrogen-bond donors (Lipinski definition) is 0. The van der Waals surface area contributed by atoms with E-state index >= 15 is 0 Å². The number of nitrogens with zero attached hydrogens (tertiary/aromatic N) is 3. The Morgan fingerprint density at radius 3 is 2.40 bits per heavy atom. The van der Waals surface area contributed by atoms with Gasteiger partial charge in [0.15, 0.2) is 5.76 Å². The Morgan fingerprint density at radius 2 is 1.73 bits per heavy atom. The van der Waals surface area contributed by atoms with E-state index in [0.717, 1.165) is 5.56 Å². The van der Waals surface area contributed by atoms with Gasteiger partial charge >= 0.3 is 0 Å². The number of furan rings is 1. The van der Waals surface area contributed by atoms with Gasteiger partial charge in [-0.1, -0.05) is 12.1 Å². The molecule has 30 heavy (non-hydrogen) atoms. The molecule has 2 aliphatic heterocycles. The highest BCUT2D eigenvalue weighted by atomic mass is 19.1. The minimum atomic E-state index is -0.349. The van der Waals surface area contributed by atoms with E-state index in [-0.39, 0.29) is 35.9 Å². The first kappa shape index (κ1) is 20.1. The topological polar surface area (TPSA) is 74.1 Å². The second kappa shape index (κ2) is 8.69. The smallest absolute Gasteiger partial charge is 0.289 e. The standard InChI is InChI=1S/C22H24FN3O4/c23-18-5-3-16(4-6-18)7-8-26-15-17(14-20(26)27)21(28)24-9-11-25(12-10-24)22(29)19-2-1-13-30-19/h1-6,13,17H,7-12,14-15H2/t17-/m0/s1. The Kier molecular flexibility index (Phi) is 5.83. The number of likely N-dealkylation sites (tertiary alicyclic amines) is 1.